The minimum Gasteiger partial charge on any atom is -0.372 e. The van der Waals surface area contributed by atoms with Gasteiger partial charge in [0.05, 0.1) is 12.7 Å². The van der Waals surface area contributed by atoms with Crippen molar-refractivity contribution < 1.29 is 9.53 Å². The molecule has 1 heterocycles. The molecule has 3 nitrogen and oxygen atoms in total. The number of carbonyl (C=O) groups is 1. The number of nitrogens with zero attached hydrogens (tertiary/aromatic N) is 1. The highest BCUT2D eigenvalue weighted by atomic mass is 16.5. The molecule has 1 fully saturated rings. The van der Waals surface area contributed by atoms with Crippen molar-refractivity contribution in [2.75, 3.05) is 20.1 Å². The van der Waals surface area contributed by atoms with Crippen LogP contribution >= 0.6 is 0 Å². The van der Waals surface area contributed by atoms with E-state index in [4.69, 9.17) is 4.74 Å². The summed E-state index contributed by atoms with van der Waals surface area (Å²) in [5.41, 5.74) is 1.18. The van der Waals surface area contributed by atoms with E-state index < -0.39 is 0 Å². The van der Waals surface area contributed by atoms with Crippen molar-refractivity contribution in [2.45, 2.75) is 19.1 Å². The fraction of sp³-hybridized carbons (Fsp3) is 0.500. The van der Waals surface area contributed by atoms with Gasteiger partial charge in [-0.2, -0.15) is 0 Å². The number of likely N-dealkylation sites (N-methyl/N-ethyl adjacent to an activating group) is 1. The molecule has 3 heteroatoms. The molecule has 1 saturated heterocycles. The lowest BCUT2D eigenvalue weighted by molar-refractivity contribution is -0.115. The minimum atomic E-state index is 0.120. The predicted molar refractivity (Wildman–Crippen MR) is 66.7 cm³/mol. The van der Waals surface area contributed by atoms with Gasteiger partial charge in [-0.25, -0.2) is 0 Å². The number of ether oxygens (including phenoxy) is 1. The van der Waals surface area contributed by atoms with E-state index in [0.29, 0.717) is 6.61 Å². The predicted octanol–water partition coefficient (Wildman–Crippen LogP) is 1.72. The molecule has 2 rings (SSSR count). The van der Waals surface area contributed by atoms with Crippen LogP contribution in [0.4, 0.5) is 0 Å². The minimum absolute atomic E-state index is 0.120. The summed E-state index contributed by atoms with van der Waals surface area (Å²) in [4.78, 5) is 13.0. The van der Waals surface area contributed by atoms with Gasteiger partial charge < -0.3 is 14.4 Å². The highest BCUT2D eigenvalue weighted by Crippen LogP contribution is 2.17. The molecule has 92 valence electrons. The van der Waals surface area contributed by atoms with Crippen LogP contribution in [0.5, 0.6) is 0 Å². The molecular weight excluding hydrogens is 214 g/mol. The Balaban J connectivity index is 1.84. The molecule has 0 spiro atoms. The third-order valence-corrected chi connectivity index (χ3v) is 3.15. The highest BCUT2D eigenvalue weighted by molar-refractivity contribution is 5.54. The van der Waals surface area contributed by atoms with Crippen LogP contribution in [0.1, 0.15) is 12.0 Å². The van der Waals surface area contributed by atoms with Gasteiger partial charge in [0.25, 0.3) is 0 Å². The fourth-order valence-corrected chi connectivity index (χ4v) is 2.32. The summed E-state index contributed by atoms with van der Waals surface area (Å²) >= 11 is 0. The average molecular weight is 233 g/mol. The Labute approximate surface area is 102 Å². The van der Waals surface area contributed by atoms with Gasteiger partial charge in [0.2, 0.25) is 0 Å². The second kappa shape index (κ2) is 5.94. The van der Waals surface area contributed by atoms with Crippen molar-refractivity contribution in [3.8, 4) is 0 Å². The Hall–Kier alpha value is -1.19. The van der Waals surface area contributed by atoms with Crippen molar-refractivity contribution in [2.24, 2.45) is 5.92 Å². The van der Waals surface area contributed by atoms with Gasteiger partial charge in [0, 0.05) is 19.0 Å². The van der Waals surface area contributed by atoms with Crippen molar-refractivity contribution in [3.05, 3.63) is 35.9 Å². The zero-order valence-electron chi connectivity index (χ0n) is 10.2. The topological polar surface area (TPSA) is 29.5 Å². The maximum atomic E-state index is 10.8. The summed E-state index contributed by atoms with van der Waals surface area (Å²) in [6, 6.07) is 10.1. The Kier molecular flexibility index (Phi) is 4.29. The monoisotopic (exact) mass is 233 g/mol. The summed E-state index contributed by atoms with van der Waals surface area (Å²) < 4.78 is 5.87. The van der Waals surface area contributed by atoms with Crippen LogP contribution in [0.2, 0.25) is 0 Å². The number of rotatable bonds is 4. The van der Waals surface area contributed by atoms with Crippen molar-refractivity contribution in [1.29, 1.82) is 0 Å². The maximum absolute atomic E-state index is 10.8. The van der Waals surface area contributed by atoms with Gasteiger partial charge in [-0.15, -0.1) is 0 Å². The largest absolute Gasteiger partial charge is 0.372 e. The van der Waals surface area contributed by atoms with Crippen LogP contribution in [0.15, 0.2) is 30.3 Å². The average Bonchev–Trinajstić information content (AvgIpc) is 2.37. The smallest absolute Gasteiger partial charge is 0.124 e. The Bertz CT molecular complexity index is 352. The van der Waals surface area contributed by atoms with Gasteiger partial charge in [-0.05, 0) is 19.0 Å². The standard InChI is InChI=1S/C14H19NO2/c1-15-8-13(10-16)7-14(9-15)17-11-12-5-3-2-4-6-12/h2-6,10,13-14H,7-9,11H2,1H3. The molecule has 17 heavy (non-hydrogen) atoms. The number of likely N-dealkylation sites (tertiary alicyclic amines) is 1. The van der Waals surface area contributed by atoms with E-state index in [0.717, 1.165) is 25.8 Å². The third-order valence-electron chi connectivity index (χ3n) is 3.15. The number of aldehydes is 1. The zero-order valence-corrected chi connectivity index (χ0v) is 10.2. The van der Waals surface area contributed by atoms with E-state index in [-0.39, 0.29) is 12.0 Å². The van der Waals surface area contributed by atoms with E-state index in [1.807, 2.05) is 25.2 Å². The summed E-state index contributed by atoms with van der Waals surface area (Å²) in [6.07, 6.45) is 2.07. The van der Waals surface area contributed by atoms with E-state index in [1.165, 1.54) is 5.56 Å². The maximum Gasteiger partial charge on any atom is 0.124 e. The Morgan fingerprint density at radius 2 is 2.12 bits per heavy atom. The molecule has 1 aliphatic heterocycles. The van der Waals surface area contributed by atoms with Crippen LogP contribution in [0.3, 0.4) is 0 Å². The molecule has 1 aliphatic rings. The fourth-order valence-electron chi connectivity index (χ4n) is 2.32. The van der Waals surface area contributed by atoms with Gasteiger partial charge in [0.15, 0.2) is 0 Å². The Morgan fingerprint density at radius 3 is 2.82 bits per heavy atom. The second-order valence-corrected chi connectivity index (χ2v) is 4.77. The zero-order chi connectivity index (χ0) is 12.1. The molecule has 1 aromatic rings. The third kappa shape index (κ3) is 3.65. The van der Waals surface area contributed by atoms with Gasteiger partial charge in [-0.1, -0.05) is 30.3 Å². The lowest BCUT2D eigenvalue weighted by Crippen LogP contribution is -2.42. The van der Waals surface area contributed by atoms with E-state index in [1.54, 1.807) is 0 Å². The summed E-state index contributed by atoms with van der Waals surface area (Å²) in [5.74, 6) is 0.120. The van der Waals surface area contributed by atoms with E-state index in [9.17, 15) is 4.79 Å². The van der Waals surface area contributed by atoms with Crippen LogP contribution in [-0.2, 0) is 16.1 Å². The summed E-state index contributed by atoms with van der Waals surface area (Å²) in [5, 5.41) is 0. The van der Waals surface area contributed by atoms with Gasteiger partial charge >= 0.3 is 0 Å². The van der Waals surface area contributed by atoms with Crippen LogP contribution in [0.25, 0.3) is 0 Å². The van der Waals surface area contributed by atoms with Crippen LogP contribution < -0.4 is 0 Å². The molecule has 0 saturated carbocycles. The van der Waals surface area contributed by atoms with Crippen molar-refractivity contribution in [3.63, 3.8) is 0 Å². The molecule has 0 aliphatic carbocycles. The molecule has 2 atom stereocenters. The van der Waals surface area contributed by atoms with Gasteiger partial charge in [-0.3, -0.25) is 0 Å². The van der Waals surface area contributed by atoms with Crippen molar-refractivity contribution >= 4 is 6.29 Å². The lowest BCUT2D eigenvalue weighted by atomic mass is 9.98. The van der Waals surface area contributed by atoms with E-state index in [2.05, 4.69) is 17.0 Å². The normalized spacial score (nSPS) is 25.7. The SMILES string of the molecule is CN1CC(C=O)CC(OCc2ccccc2)C1. The number of hydrogen-bond donors (Lipinski definition) is 0. The molecule has 0 aromatic heterocycles. The number of carbonyl (C=O) groups excluding carboxylic acids is 1. The summed E-state index contributed by atoms with van der Waals surface area (Å²) in [7, 11) is 2.04. The van der Waals surface area contributed by atoms with Crippen LogP contribution in [-0.4, -0.2) is 37.4 Å². The first-order valence-electron chi connectivity index (χ1n) is 6.07. The number of benzene rings is 1. The van der Waals surface area contributed by atoms with Gasteiger partial charge in [0.1, 0.15) is 6.29 Å². The molecule has 2 unspecified atom stereocenters. The molecule has 0 amide bonds. The van der Waals surface area contributed by atoms with E-state index >= 15 is 0 Å². The first kappa shape index (κ1) is 12.3. The second-order valence-electron chi connectivity index (χ2n) is 4.77. The Morgan fingerprint density at radius 1 is 1.35 bits per heavy atom. The molecular formula is C14H19NO2. The summed E-state index contributed by atoms with van der Waals surface area (Å²) in [6.45, 7) is 2.40. The quantitative estimate of drug-likeness (QED) is 0.742. The lowest BCUT2D eigenvalue weighted by Gasteiger charge is -2.33. The number of hydrogen-bond acceptors (Lipinski definition) is 3. The molecule has 0 bridgehead atoms. The molecule has 0 radical (unpaired) electrons. The first-order valence-corrected chi connectivity index (χ1v) is 6.07. The first-order chi connectivity index (χ1) is 8.28. The van der Waals surface area contributed by atoms with Crippen molar-refractivity contribution in [1.82, 2.24) is 4.90 Å². The molecule has 0 N–H and O–H groups in total. The highest BCUT2D eigenvalue weighted by Gasteiger charge is 2.25. The van der Waals surface area contributed by atoms with Crippen LogP contribution in [0, 0.1) is 5.92 Å². The molecule has 1 aromatic carbocycles. The number of piperidine rings is 1.